The summed E-state index contributed by atoms with van der Waals surface area (Å²) in [4.78, 5) is 35.1. The number of carboxylic acids is 1. The highest BCUT2D eigenvalue weighted by atomic mass is 16.5. The van der Waals surface area contributed by atoms with Crippen molar-refractivity contribution in [2.24, 2.45) is 0 Å². The largest absolute Gasteiger partial charge is 0.494 e. The number of carbonyl (C=O) groups excluding carboxylic acids is 2. The van der Waals surface area contributed by atoms with E-state index in [1.165, 1.54) is 43.5 Å². The lowest BCUT2D eigenvalue weighted by Crippen LogP contribution is -2.12. The van der Waals surface area contributed by atoms with Gasteiger partial charge >= 0.3 is 17.9 Å². The van der Waals surface area contributed by atoms with Crippen molar-refractivity contribution in [1.29, 1.82) is 5.26 Å². The molecule has 0 spiro atoms. The first-order valence-corrected chi connectivity index (χ1v) is 8.90. The number of esters is 2. The average molecular weight is 409 g/mol. The van der Waals surface area contributed by atoms with Crippen molar-refractivity contribution >= 4 is 24.0 Å². The number of carboxylic acid groups (broad SMARTS) is 1. The van der Waals surface area contributed by atoms with Crippen LogP contribution >= 0.6 is 0 Å². The zero-order valence-electron chi connectivity index (χ0n) is 16.2. The summed E-state index contributed by atoms with van der Waals surface area (Å²) in [6, 6.07) is 12.5. The summed E-state index contributed by atoms with van der Waals surface area (Å²) in [5.74, 6) is -2.03. The normalized spacial score (nSPS) is 10.3. The highest BCUT2D eigenvalue weighted by molar-refractivity contribution is 5.97. The summed E-state index contributed by atoms with van der Waals surface area (Å²) in [7, 11) is 1.18. The molecule has 0 unspecified atom stereocenters. The number of nitrogens with zero attached hydrogens (tertiary/aromatic N) is 1. The van der Waals surface area contributed by atoms with Crippen LogP contribution in [0.3, 0.4) is 0 Å². The van der Waals surface area contributed by atoms with Crippen LogP contribution in [0, 0.1) is 11.3 Å². The van der Waals surface area contributed by atoms with E-state index in [1.54, 1.807) is 12.1 Å². The lowest BCUT2D eigenvalue weighted by Gasteiger charge is -2.10. The maximum atomic E-state index is 12.4. The molecule has 1 N–H and O–H groups in total. The predicted octanol–water partition coefficient (Wildman–Crippen LogP) is 3.47. The quantitative estimate of drug-likeness (QED) is 0.289. The van der Waals surface area contributed by atoms with Crippen LogP contribution in [0.2, 0.25) is 0 Å². The molecule has 0 saturated heterocycles. The predicted molar refractivity (Wildman–Crippen MR) is 106 cm³/mol. The highest BCUT2D eigenvalue weighted by Crippen LogP contribution is 2.24. The lowest BCUT2D eigenvalue weighted by molar-refractivity contribution is -0.131. The molecule has 0 atom stereocenters. The van der Waals surface area contributed by atoms with Gasteiger partial charge < -0.3 is 19.3 Å². The molecule has 8 nitrogen and oxygen atoms in total. The van der Waals surface area contributed by atoms with Gasteiger partial charge in [-0.3, -0.25) is 0 Å². The van der Waals surface area contributed by atoms with Crippen LogP contribution in [0.4, 0.5) is 0 Å². The molecular formula is C22H19NO7. The van der Waals surface area contributed by atoms with E-state index in [-0.39, 0.29) is 16.9 Å². The van der Waals surface area contributed by atoms with Crippen LogP contribution in [-0.2, 0) is 9.53 Å². The monoisotopic (exact) mass is 409 g/mol. The summed E-state index contributed by atoms with van der Waals surface area (Å²) in [6.45, 7) is 0.391. The molecule has 0 radical (unpaired) electrons. The molecule has 0 fully saturated rings. The van der Waals surface area contributed by atoms with E-state index < -0.39 is 17.9 Å². The molecule has 0 bridgehead atoms. The van der Waals surface area contributed by atoms with Crippen LogP contribution in [0.1, 0.15) is 39.1 Å². The summed E-state index contributed by atoms with van der Waals surface area (Å²) in [5.41, 5.74) is 0.649. The van der Waals surface area contributed by atoms with E-state index >= 15 is 0 Å². The maximum absolute atomic E-state index is 12.4. The van der Waals surface area contributed by atoms with Crippen molar-refractivity contribution in [3.05, 3.63) is 65.2 Å². The summed E-state index contributed by atoms with van der Waals surface area (Å²) in [6.07, 6.45) is 3.23. The summed E-state index contributed by atoms with van der Waals surface area (Å²) in [5, 5.41) is 17.2. The van der Waals surface area contributed by atoms with E-state index in [1.807, 2.05) is 6.07 Å². The van der Waals surface area contributed by atoms with E-state index in [9.17, 15) is 14.4 Å². The number of benzene rings is 2. The molecule has 8 heteroatoms. The van der Waals surface area contributed by atoms with Crippen LogP contribution in [0.5, 0.6) is 11.5 Å². The molecule has 2 aromatic carbocycles. The molecule has 0 aromatic heterocycles. The van der Waals surface area contributed by atoms with Crippen molar-refractivity contribution < 1.29 is 33.7 Å². The first kappa shape index (κ1) is 22.2. The van der Waals surface area contributed by atoms with Gasteiger partial charge in [0, 0.05) is 12.5 Å². The molecule has 2 aromatic rings. The Morgan fingerprint density at radius 1 is 1.10 bits per heavy atom. The van der Waals surface area contributed by atoms with Gasteiger partial charge in [0.25, 0.3) is 0 Å². The number of methoxy groups -OCH3 is 1. The second kappa shape index (κ2) is 11.0. The SMILES string of the molecule is COC(=O)c1cc(/C=C/C(=O)O)ccc1OC(=O)c1ccc(OCCCC#N)cc1. The van der Waals surface area contributed by atoms with Crippen molar-refractivity contribution in [1.82, 2.24) is 0 Å². The fourth-order valence-electron chi connectivity index (χ4n) is 2.36. The van der Waals surface area contributed by atoms with Crippen LogP contribution in [0.15, 0.2) is 48.5 Å². The van der Waals surface area contributed by atoms with Gasteiger partial charge in [-0.25, -0.2) is 14.4 Å². The minimum absolute atomic E-state index is 0.0174. The Morgan fingerprint density at radius 2 is 1.83 bits per heavy atom. The standard InChI is InChI=1S/C22H19NO7/c1-28-22(27)18-14-15(5-11-20(24)25)4-10-19(18)30-21(26)16-6-8-17(9-7-16)29-13-3-2-12-23/h4-11,14H,2-3,13H2,1H3,(H,24,25)/b11-5+. The molecule has 2 rings (SSSR count). The van der Waals surface area contributed by atoms with E-state index in [2.05, 4.69) is 0 Å². The topological polar surface area (TPSA) is 123 Å². The molecular weight excluding hydrogens is 390 g/mol. The molecule has 0 heterocycles. The van der Waals surface area contributed by atoms with Crippen LogP contribution in [0.25, 0.3) is 6.08 Å². The minimum Gasteiger partial charge on any atom is -0.494 e. The Hall–Kier alpha value is -4.12. The Morgan fingerprint density at radius 3 is 2.47 bits per heavy atom. The number of hydrogen-bond acceptors (Lipinski definition) is 7. The Bertz CT molecular complexity index is 988. The van der Waals surface area contributed by atoms with Gasteiger partial charge in [-0.1, -0.05) is 6.07 Å². The maximum Gasteiger partial charge on any atom is 0.343 e. The fourth-order valence-corrected chi connectivity index (χ4v) is 2.36. The second-order valence-corrected chi connectivity index (χ2v) is 5.94. The molecule has 0 aliphatic rings. The van der Waals surface area contributed by atoms with Crippen molar-refractivity contribution in [2.45, 2.75) is 12.8 Å². The Balaban J connectivity index is 2.14. The molecule has 0 aliphatic heterocycles. The summed E-state index contributed by atoms with van der Waals surface area (Å²) >= 11 is 0. The average Bonchev–Trinajstić information content (AvgIpc) is 2.75. The number of hydrogen-bond donors (Lipinski definition) is 1. The Labute approximate surface area is 172 Å². The smallest absolute Gasteiger partial charge is 0.343 e. The molecule has 154 valence electrons. The first-order valence-electron chi connectivity index (χ1n) is 8.90. The number of nitriles is 1. The third-order valence-electron chi connectivity index (χ3n) is 3.82. The third kappa shape index (κ3) is 6.49. The fraction of sp³-hybridized carbons (Fsp3) is 0.182. The van der Waals surface area contributed by atoms with Crippen molar-refractivity contribution in [2.75, 3.05) is 13.7 Å². The van der Waals surface area contributed by atoms with E-state index in [4.69, 9.17) is 24.6 Å². The number of rotatable bonds is 9. The lowest BCUT2D eigenvalue weighted by atomic mass is 10.1. The van der Waals surface area contributed by atoms with Gasteiger partial charge in [0.2, 0.25) is 0 Å². The van der Waals surface area contributed by atoms with Gasteiger partial charge in [-0.15, -0.1) is 0 Å². The van der Waals surface area contributed by atoms with Gasteiger partial charge in [0.1, 0.15) is 17.1 Å². The number of unbranched alkanes of at least 4 members (excludes halogenated alkanes) is 1. The highest BCUT2D eigenvalue weighted by Gasteiger charge is 2.17. The number of carbonyl (C=O) groups is 3. The molecule has 0 saturated carbocycles. The van der Waals surface area contributed by atoms with Gasteiger partial charge in [-0.05, 0) is 54.5 Å². The van der Waals surface area contributed by atoms with Crippen LogP contribution < -0.4 is 9.47 Å². The number of ether oxygens (including phenoxy) is 3. The molecule has 30 heavy (non-hydrogen) atoms. The van der Waals surface area contributed by atoms with Gasteiger partial charge in [-0.2, -0.15) is 5.26 Å². The van der Waals surface area contributed by atoms with Gasteiger partial charge in [0.15, 0.2) is 0 Å². The first-order chi connectivity index (χ1) is 14.4. The van der Waals surface area contributed by atoms with Crippen molar-refractivity contribution in [3.8, 4) is 17.6 Å². The Kier molecular flexibility index (Phi) is 8.15. The zero-order valence-corrected chi connectivity index (χ0v) is 16.2. The zero-order chi connectivity index (χ0) is 21.9. The third-order valence-corrected chi connectivity index (χ3v) is 3.82. The van der Waals surface area contributed by atoms with Crippen LogP contribution in [-0.4, -0.2) is 36.7 Å². The van der Waals surface area contributed by atoms with Crippen molar-refractivity contribution in [3.63, 3.8) is 0 Å². The molecule has 0 aliphatic carbocycles. The second-order valence-electron chi connectivity index (χ2n) is 5.94. The summed E-state index contributed by atoms with van der Waals surface area (Å²) < 4.78 is 15.5. The minimum atomic E-state index is -1.14. The van der Waals surface area contributed by atoms with Gasteiger partial charge in [0.05, 0.1) is 25.3 Å². The molecule has 0 amide bonds. The van der Waals surface area contributed by atoms with E-state index in [0.717, 1.165) is 6.08 Å². The van der Waals surface area contributed by atoms with E-state index in [0.29, 0.717) is 30.8 Å². The number of aliphatic carboxylic acids is 1.